The van der Waals surface area contributed by atoms with E-state index in [1.807, 2.05) is 0 Å². The third-order valence-electron chi connectivity index (χ3n) is 5.73. The highest BCUT2D eigenvalue weighted by atomic mass is 32.2. The Morgan fingerprint density at radius 2 is 1.49 bits per heavy atom. The molecule has 1 aromatic heterocycles. The van der Waals surface area contributed by atoms with Crippen molar-refractivity contribution in [2.24, 2.45) is 0 Å². The molecule has 7 nitrogen and oxygen atoms in total. The minimum absolute atomic E-state index is 0.108. The summed E-state index contributed by atoms with van der Waals surface area (Å²) < 4.78 is 30.2. The maximum absolute atomic E-state index is 12.6. The molecule has 2 rings (SSSR count). The highest BCUT2D eigenvalue weighted by Gasteiger charge is 2.18. The van der Waals surface area contributed by atoms with Crippen molar-refractivity contribution in [3.8, 4) is 0 Å². The molecule has 2 aromatic rings. The maximum Gasteiger partial charge on any atom is 0.348 e. The number of carbonyl (C=O) groups is 2. The predicted molar refractivity (Wildman–Crippen MR) is 143 cm³/mol. The molecular weight excluding hydrogens is 484 g/mol. The number of thiophene rings is 1. The minimum atomic E-state index is -3.39. The van der Waals surface area contributed by atoms with Crippen LogP contribution in [-0.4, -0.2) is 32.7 Å². The fraction of sp³-hybridized carbons (Fsp3) is 0.538. The summed E-state index contributed by atoms with van der Waals surface area (Å²) in [6, 6.07) is 7.36. The Morgan fingerprint density at radius 3 is 2.06 bits per heavy atom. The third kappa shape index (κ3) is 9.64. The highest BCUT2D eigenvalue weighted by molar-refractivity contribution is 7.91. The molecule has 9 heteroatoms. The van der Waals surface area contributed by atoms with Crippen LogP contribution in [0.2, 0.25) is 0 Å². The van der Waals surface area contributed by atoms with E-state index in [-0.39, 0.29) is 22.3 Å². The summed E-state index contributed by atoms with van der Waals surface area (Å²) in [5.74, 6) is -0.831. The second kappa shape index (κ2) is 14.9. The number of esters is 1. The Labute approximate surface area is 213 Å². The monoisotopic (exact) mass is 522 g/mol. The van der Waals surface area contributed by atoms with Crippen molar-refractivity contribution < 1.29 is 22.7 Å². The van der Waals surface area contributed by atoms with Crippen molar-refractivity contribution in [3.63, 3.8) is 0 Å². The number of amides is 1. The lowest BCUT2D eigenvalue weighted by Crippen LogP contribution is -2.13. The first-order valence-corrected chi connectivity index (χ1v) is 15.0. The first kappa shape index (κ1) is 28.8. The molecule has 0 saturated heterocycles. The summed E-state index contributed by atoms with van der Waals surface area (Å²) in [7, 11) is -3.39. The molecule has 0 fully saturated rings. The number of rotatable bonds is 16. The highest BCUT2D eigenvalue weighted by Crippen LogP contribution is 2.31. The number of nitrogens with two attached hydrogens (primary N) is 1. The van der Waals surface area contributed by atoms with Gasteiger partial charge in [-0.3, -0.25) is 4.79 Å². The Balaban J connectivity index is 1.80. The minimum Gasteiger partial charge on any atom is -0.462 e. The Hall–Kier alpha value is -2.39. The van der Waals surface area contributed by atoms with E-state index >= 15 is 0 Å². The van der Waals surface area contributed by atoms with Crippen LogP contribution in [-0.2, 0) is 14.6 Å². The fourth-order valence-electron chi connectivity index (χ4n) is 3.71. The average Bonchev–Trinajstić information content (AvgIpc) is 3.20. The average molecular weight is 523 g/mol. The fourth-order valence-corrected chi connectivity index (χ4v) is 5.86. The molecule has 0 saturated carbocycles. The second-order valence-corrected chi connectivity index (χ2v) is 11.8. The van der Waals surface area contributed by atoms with Gasteiger partial charge >= 0.3 is 5.97 Å². The molecule has 194 valence electrons. The first-order valence-electron chi connectivity index (χ1n) is 12.5. The molecule has 1 heterocycles. The number of nitrogen functional groups attached to an aromatic ring is 1. The summed E-state index contributed by atoms with van der Waals surface area (Å²) in [6.07, 6.45) is 11.4. The first-order chi connectivity index (χ1) is 16.8. The maximum atomic E-state index is 12.6. The zero-order valence-corrected chi connectivity index (χ0v) is 22.4. The van der Waals surface area contributed by atoms with E-state index in [2.05, 4.69) is 12.2 Å². The molecule has 3 N–H and O–H groups in total. The molecule has 0 atom stereocenters. The number of unbranched alkanes of at least 4 members (excludes halogenated alkanes) is 9. The standard InChI is InChI=1S/C26H38N2O5S2/c1-3-5-6-7-8-9-10-11-12-13-18-35(31,32)21-16-14-20(15-17-21)25(29)28-22-19-23(34-24(22)27)26(30)33-4-2/h14-17,19H,3-13,18,27H2,1-2H3,(H,28,29). The van der Waals surface area contributed by atoms with Crippen molar-refractivity contribution in [1.82, 2.24) is 0 Å². The topological polar surface area (TPSA) is 116 Å². The van der Waals surface area contributed by atoms with Gasteiger partial charge in [-0.05, 0) is 43.7 Å². The van der Waals surface area contributed by atoms with Gasteiger partial charge < -0.3 is 15.8 Å². The van der Waals surface area contributed by atoms with Gasteiger partial charge in [0.1, 0.15) is 9.88 Å². The van der Waals surface area contributed by atoms with Crippen molar-refractivity contribution >= 4 is 43.7 Å². The van der Waals surface area contributed by atoms with Crippen LogP contribution in [0.25, 0.3) is 0 Å². The largest absolute Gasteiger partial charge is 0.462 e. The molecule has 35 heavy (non-hydrogen) atoms. The Kier molecular flexibility index (Phi) is 12.3. The molecule has 0 spiro atoms. The SMILES string of the molecule is CCCCCCCCCCCCS(=O)(=O)c1ccc(C(=O)Nc2cc(C(=O)OCC)sc2N)cc1. The van der Waals surface area contributed by atoms with Gasteiger partial charge in [0.2, 0.25) is 0 Å². The summed E-state index contributed by atoms with van der Waals surface area (Å²) in [5.41, 5.74) is 6.53. The van der Waals surface area contributed by atoms with Crippen LogP contribution in [0, 0.1) is 0 Å². The van der Waals surface area contributed by atoms with Crippen molar-refractivity contribution in [2.45, 2.75) is 83.0 Å². The van der Waals surface area contributed by atoms with Gasteiger partial charge in [0, 0.05) is 5.56 Å². The van der Waals surface area contributed by atoms with Crippen LogP contribution in [0.15, 0.2) is 35.2 Å². The lowest BCUT2D eigenvalue weighted by atomic mass is 10.1. The van der Waals surface area contributed by atoms with Gasteiger partial charge in [-0.25, -0.2) is 13.2 Å². The van der Waals surface area contributed by atoms with Crippen LogP contribution < -0.4 is 11.1 Å². The lowest BCUT2D eigenvalue weighted by Gasteiger charge is -2.07. The van der Waals surface area contributed by atoms with E-state index < -0.39 is 21.7 Å². The number of hydrogen-bond donors (Lipinski definition) is 2. The van der Waals surface area contributed by atoms with Gasteiger partial charge in [0.15, 0.2) is 9.84 Å². The van der Waals surface area contributed by atoms with Crippen LogP contribution in [0.5, 0.6) is 0 Å². The number of ether oxygens (including phenoxy) is 1. The quantitative estimate of drug-likeness (QED) is 0.193. The molecule has 1 aromatic carbocycles. The van der Waals surface area contributed by atoms with Crippen molar-refractivity contribution in [2.75, 3.05) is 23.4 Å². The van der Waals surface area contributed by atoms with Crippen LogP contribution >= 0.6 is 11.3 Å². The predicted octanol–water partition coefficient (Wildman–Crippen LogP) is 6.45. The van der Waals surface area contributed by atoms with E-state index in [9.17, 15) is 18.0 Å². The van der Waals surface area contributed by atoms with E-state index in [0.29, 0.717) is 22.5 Å². The van der Waals surface area contributed by atoms with Crippen LogP contribution in [0.3, 0.4) is 0 Å². The molecule has 0 aliphatic heterocycles. The number of carbonyl (C=O) groups excluding carboxylic acids is 2. The van der Waals surface area contributed by atoms with E-state index in [0.717, 1.165) is 30.6 Å². The molecule has 1 amide bonds. The molecule has 0 bridgehead atoms. The molecule has 0 unspecified atom stereocenters. The van der Waals surface area contributed by atoms with Gasteiger partial charge in [0.05, 0.1) is 22.9 Å². The normalized spacial score (nSPS) is 11.4. The van der Waals surface area contributed by atoms with Gasteiger partial charge in [-0.15, -0.1) is 11.3 Å². The zero-order valence-electron chi connectivity index (χ0n) is 20.8. The van der Waals surface area contributed by atoms with Crippen LogP contribution in [0.4, 0.5) is 10.7 Å². The van der Waals surface area contributed by atoms with E-state index in [4.69, 9.17) is 10.5 Å². The number of sulfone groups is 1. The van der Waals surface area contributed by atoms with Gasteiger partial charge in [-0.1, -0.05) is 64.7 Å². The summed E-state index contributed by atoms with van der Waals surface area (Å²) in [6.45, 7) is 4.17. The van der Waals surface area contributed by atoms with Gasteiger partial charge in [-0.2, -0.15) is 0 Å². The van der Waals surface area contributed by atoms with Crippen molar-refractivity contribution in [3.05, 3.63) is 40.8 Å². The summed E-state index contributed by atoms with van der Waals surface area (Å²) in [4.78, 5) is 24.9. The summed E-state index contributed by atoms with van der Waals surface area (Å²) >= 11 is 1.03. The van der Waals surface area contributed by atoms with Gasteiger partial charge in [0.25, 0.3) is 5.91 Å². The van der Waals surface area contributed by atoms with E-state index in [1.165, 1.54) is 68.9 Å². The summed E-state index contributed by atoms with van der Waals surface area (Å²) in [5, 5.41) is 2.95. The second-order valence-electron chi connectivity index (χ2n) is 8.59. The third-order valence-corrected chi connectivity index (χ3v) is 8.49. The van der Waals surface area contributed by atoms with Crippen LogP contribution in [0.1, 0.15) is 98.1 Å². The number of anilines is 2. The molecule has 0 radical (unpaired) electrons. The molecule has 0 aliphatic rings. The Bertz CT molecular complexity index is 1050. The van der Waals surface area contributed by atoms with Crippen molar-refractivity contribution in [1.29, 1.82) is 0 Å². The number of hydrogen-bond acceptors (Lipinski definition) is 7. The lowest BCUT2D eigenvalue weighted by molar-refractivity contribution is 0.0532. The molecular formula is C26H38N2O5S2. The number of benzene rings is 1. The molecule has 0 aliphatic carbocycles. The van der Waals surface area contributed by atoms with E-state index in [1.54, 1.807) is 6.92 Å². The smallest absolute Gasteiger partial charge is 0.348 e. The Morgan fingerprint density at radius 1 is 0.914 bits per heavy atom. The zero-order chi connectivity index (χ0) is 25.7. The number of nitrogens with one attached hydrogen (secondary N) is 1.